The minimum absolute atomic E-state index is 0.201. The highest BCUT2D eigenvalue weighted by Gasteiger charge is 2.09. The van der Waals surface area contributed by atoms with Crippen LogP contribution >= 0.6 is 15.9 Å². The van der Waals surface area contributed by atoms with Crippen LogP contribution in [0.15, 0.2) is 83.5 Å². The van der Waals surface area contributed by atoms with E-state index >= 15 is 0 Å². The highest BCUT2D eigenvalue weighted by atomic mass is 79.9. The van der Waals surface area contributed by atoms with Crippen molar-refractivity contribution in [2.24, 2.45) is 0 Å². The van der Waals surface area contributed by atoms with Crippen LogP contribution in [0.3, 0.4) is 0 Å². The molecule has 0 radical (unpaired) electrons. The normalized spacial score (nSPS) is 11.2. The minimum Gasteiger partial charge on any atom is -0.343 e. The first kappa shape index (κ1) is 18.0. The Morgan fingerprint density at radius 3 is 2.41 bits per heavy atom. The molecule has 0 atom stereocenters. The summed E-state index contributed by atoms with van der Waals surface area (Å²) in [6.07, 6.45) is 2.22. The molecule has 1 aromatic heterocycles. The van der Waals surface area contributed by atoms with Crippen LogP contribution in [0.1, 0.15) is 16.7 Å². The number of nitrogens with zero attached hydrogens (tertiary/aromatic N) is 1. The molecular weight excluding hydrogens is 403 g/mol. The molecule has 0 aliphatic heterocycles. The molecule has 0 bridgehead atoms. The molecule has 4 aromatic rings. The molecule has 136 valence electrons. The number of fused-ring (bicyclic) bond motifs is 1. The number of aromatic nitrogens is 1. The van der Waals surface area contributed by atoms with E-state index in [1.54, 1.807) is 0 Å². The molecule has 0 aliphatic rings. The van der Waals surface area contributed by atoms with Crippen LogP contribution in [-0.2, 0) is 19.6 Å². The van der Waals surface area contributed by atoms with Gasteiger partial charge in [0.1, 0.15) is 5.82 Å². The maximum absolute atomic E-state index is 13.0. The first-order valence-corrected chi connectivity index (χ1v) is 9.75. The standard InChI is InChI=1S/C23H20BrFN2/c24-20-8-11-23-22(12-20)19(14-26-13-17-6-9-21(25)10-7-17)16-27(23)15-18-4-2-1-3-5-18/h1-12,16,26H,13-15H2. The van der Waals surface area contributed by atoms with Crippen molar-refractivity contribution in [1.82, 2.24) is 9.88 Å². The molecule has 1 N–H and O–H groups in total. The summed E-state index contributed by atoms with van der Waals surface area (Å²) in [6, 6.07) is 23.5. The fourth-order valence-electron chi connectivity index (χ4n) is 3.34. The Morgan fingerprint density at radius 2 is 1.63 bits per heavy atom. The van der Waals surface area contributed by atoms with Crippen molar-refractivity contribution in [2.45, 2.75) is 19.6 Å². The van der Waals surface area contributed by atoms with E-state index in [9.17, 15) is 4.39 Å². The summed E-state index contributed by atoms with van der Waals surface area (Å²) in [5.74, 6) is -0.201. The second-order valence-electron chi connectivity index (χ2n) is 6.66. The van der Waals surface area contributed by atoms with Gasteiger partial charge in [-0.1, -0.05) is 58.4 Å². The molecular formula is C23H20BrFN2. The van der Waals surface area contributed by atoms with Gasteiger partial charge in [-0.3, -0.25) is 0 Å². The van der Waals surface area contributed by atoms with Gasteiger partial charge in [0.2, 0.25) is 0 Å². The second-order valence-corrected chi connectivity index (χ2v) is 7.58. The van der Waals surface area contributed by atoms with Crippen molar-refractivity contribution in [1.29, 1.82) is 0 Å². The Labute approximate surface area is 166 Å². The van der Waals surface area contributed by atoms with E-state index in [1.165, 1.54) is 34.2 Å². The zero-order chi connectivity index (χ0) is 18.6. The van der Waals surface area contributed by atoms with Crippen molar-refractivity contribution in [2.75, 3.05) is 0 Å². The molecule has 2 nitrogen and oxygen atoms in total. The Balaban J connectivity index is 1.56. The molecule has 4 rings (SSSR count). The lowest BCUT2D eigenvalue weighted by Gasteiger charge is -2.05. The lowest BCUT2D eigenvalue weighted by molar-refractivity contribution is 0.625. The SMILES string of the molecule is Fc1ccc(CNCc2cn(Cc3ccccc3)c3ccc(Br)cc23)cc1. The Bertz CT molecular complexity index is 1040. The second kappa shape index (κ2) is 8.07. The summed E-state index contributed by atoms with van der Waals surface area (Å²) >= 11 is 3.59. The minimum atomic E-state index is -0.201. The van der Waals surface area contributed by atoms with E-state index < -0.39 is 0 Å². The monoisotopic (exact) mass is 422 g/mol. The molecule has 0 saturated heterocycles. The third-order valence-corrected chi connectivity index (χ3v) is 5.17. The topological polar surface area (TPSA) is 17.0 Å². The van der Waals surface area contributed by atoms with Gasteiger partial charge in [0.25, 0.3) is 0 Å². The summed E-state index contributed by atoms with van der Waals surface area (Å²) in [7, 11) is 0. The van der Waals surface area contributed by atoms with Crippen LogP contribution < -0.4 is 5.32 Å². The lowest BCUT2D eigenvalue weighted by atomic mass is 10.1. The van der Waals surface area contributed by atoms with Gasteiger partial charge in [-0.15, -0.1) is 0 Å². The molecule has 0 fully saturated rings. The average Bonchev–Trinajstić information content (AvgIpc) is 3.01. The number of hydrogen-bond donors (Lipinski definition) is 1. The van der Waals surface area contributed by atoms with Gasteiger partial charge >= 0.3 is 0 Å². The van der Waals surface area contributed by atoms with Gasteiger partial charge < -0.3 is 9.88 Å². The van der Waals surface area contributed by atoms with Crippen LogP contribution in [0.4, 0.5) is 4.39 Å². The highest BCUT2D eigenvalue weighted by Crippen LogP contribution is 2.26. The number of hydrogen-bond acceptors (Lipinski definition) is 1. The van der Waals surface area contributed by atoms with Crippen LogP contribution in [0.25, 0.3) is 10.9 Å². The van der Waals surface area contributed by atoms with Gasteiger partial charge in [0, 0.05) is 41.2 Å². The first-order chi connectivity index (χ1) is 13.2. The molecule has 4 heteroatoms. The van der Waals surface area contributed by atoms with E-state index in [0.29, 0.717) is 6.54 Å². The third-order valence-electron chi connectivity index (χ3n) is 4.68. The summed E-state index contributed by atoms with van der Waals surface area (Å²) in [5.41, 5.74) is 4.83. The van der Waals surface area contributed by atoms with Gasteiger partial charge in [-0.25, -0.2) is 4.39 Å². The lowest BCUT2D eigenvalue weighted by Crippen LogP contribution is -2.12. The molecule has 0 amide bonds. The van der Waals surface area contributed by atoms with E-state index in [1.807, 2.05) is 18.2 Å². The summed E-state index contributed by atoms with van der Waals surface area (Å²) in [5, 5.41) is 4.72. The molecule has 1 heterocycles. The summed E-state index contributed by atoms with van der Waals surface area (Å²) < 4.78 is 16.4. The Morgan fingerprint density at radius 1 is 0.852 bits per heavy atom. The van der Waals surface area contributed by atoms with Crippen LogP contribution in [0.2, 0.25) is 0 Å². The fourth-order valence-corrected chi connectivity index (χ4v) is 3.70. The van der Waals surface area contributed by atoms with Gasteiger partial charge in [-0.05, 0) is 47.0 Å². The molecule has 0 spiro atoms. The zero-order valence-electron chi connectivity index (χ0n) is 14.8. The maximum Gasteiger partial charge on any atom is 0.123 e. The maximum atomic E-state index is 13.0. The van der Waals surface area contributed by atoms with Crippen molar-refractivity contribution in [3.63, 3.8) is 0 Å². The first-order valence-electron chi connectivity index (χ1n) is 8.95. The quantitative estimate of drug-likeness (QED) is 0.410. The summed E-state index contributed by atoms with van der Waals surface area (Å²) in [4.78, 5) is 0. The molecule has 0 unspecified atom stereocenters. The predicted octanol–water partition coefficient (Wildman–Crippen LogP) is 5.88. The Hall–Kier alpha value is -2.43. The van der Waals surface area contributed by atoms with Crippen molar-refractivity contribution in [3.05, 3.63) is 106 Å². The van der Waals surface area contributed by atoms with Gasteiger partial charge in [-0.2, -0.15) is 0 Å². The molecule has 3 aromatic carbocycles. The van der Waals surface area contributed by atoms with Crippen LogP contribution in [0, 0.1) is 5.82 Å². The predicted molar refractivity (Wildman–Crippen MR) is 112 cm³/mol. The van der Waals surface area contributed by atoms with Crippen molar-refractivity contribution in [3.8, 4) is 0 Å². The number of rotatable bonds is 6. The number of halogens is 2. The van der Waals surface area contributed by atoms with E-state index in [4.69, 9.17) is 0 Å². The molecule has 0 saturated carbocycles. The van der Waals surface area contributed by atoms with Crippen molar-refractivity contribution < 1.29 is 4.39 Å². The van der Waals surface area contributed by atoms with E-state index in [2.05, 4.69) is 74.5 Å². The highest BCUT2D eigenvalue weighted by molar-refractivity contribution is 9.10. The zero-order valence-corrected chi connectivity index (χ0v) is 16.4. The smallest absolute Gasteiger partial charge is 0.123 e. The van der Waals surface area contributed by atoms with Gasteiger partial charge in [0.05, 0.1) is 0 Å². The van der Waals surface area contributed by atoms with E-state index in [0.717, 1.165) is 23.1 Å². The average molecular weight is 423 g/mol. The van der Waals surface area contributed by atoms with Gasteiger partial charge in [0.15, 0.2) is 0 Å². The van der Waals surface area contributed by atoms with Crippen LogP contribution in [-0.4, -0.2) is 4.57 Å². The Kier molecular flexibility index (Phi) is 5.37. The number of benzene rings is 3. The van der Waals surface area contributed by atoms with Crippen LogP contribution in [0.5, 0.6) is 0 Å². The number of nitrogens with one attached hydrogen (secondary N) is 1. The van der Waals surface area contributed by atoms with E-state index in [-0.39, 0.29) is 5.82 Å². The summed E-state index contributed by atoms with van der Waals surface area (Å²) in [6.45, 7) is 2.31. The molecule has 0 aliphatic carbocycles. The van der Waals surface area contributed by atoms with Crippen molar-refractivity contribution >= 4 is 26.8 Å². The fraction of sp³-hybridized carbons (Fsp3) is 0.130. The molecule has 27 heavy (non-hydrogen) atoms. The largest absolute Gasteiger partial charge is 0.343 e. The third kappa shape index (κ3) is 4.29.